The van der Waals surface area contributed by atoms with Gasteiger partial charge in [0, 0.05) is 17.7 Å². The number of carbonyl (C=O) groups is 1. The second kappa shape index (κ2) is 7.53. The van der Waals surface area contributed by atoms with Gasteiger partial charge in [0.1, 0.15) is 23.9 Å². The summed E-state index contributed by atoms with van der Waals surface area (Å²) in [6, 6.07) is 16.3. The summed E-state index contributed by atoms with van der Waals surface area (Å²) in [5, 5.41) is 6.45. The molecule has 25 heavy (non-hydrogen) atoms. The van der Waals surface area contributed by atoms with Gasteiger partial charge in [-0.3, -0.25) is 4.79 Å². The van der Waals surface area contributed by atoms with Gasteiger partial charge in [-0.25, -0.2) is 0 Å². The lowest BCUT2D eigenvalue weighted by Gasteiger charge is -2.09. The number of hydrogen-bond acceptors (Lipinski definition) is 5. The lowest BCUT2D eigenvalue weighted by atomic mass is 10.1. The summed E-state index contributed by atoms with van der Waals surface area (Å²) in [6.07, 6.45) is 0. The number of rotatable bonds is 6. The first-order chi connectivity index (χ1) is 12.1. The molecule has 0 aliphatic rings. The first-order valence-electron chi connectivity index (χ1n) is 7.74. The van der Waals surface area contributed by atoms with E-state index in [1.165, 1.54) is 0 Å². The van der Waals surface area contributed by atoms with Crippen LogP contribution in [0.5, 0.6) is 11.5 Å². The fraction of sp³-hybridized carbons (Fsp3) is 0.158. The molecule has 1 aromatic heterocycles. The number of ether oxygens (including phenoxy) is 2. The monoisotopic (exact) mass is 338 g/mol. The SMILES string of the molecule is COc1cccc(OCc2cccc(C(=O)Nc3cc(C)on3)c2)c1. The van der Waals surface area contributed by atoms with Crippen molar-refractivity contribution in [2.45, 2.75) is 13.5 Å². The third-order valence-electron chi connectivity index (χ3n) is 3.51. The number of aryl methyl sites for hydroxylation is 1. The molecule has 0 saturated carbocycles. The molecule has 0 aliphatic heterocycles. The van der Waals surface area contributed by atoms with Gasteiger partial charge in [-0.05, 0) is 36.8 Å². The molecule has 0 radical (unpaired) electrons. The molecule has 0 saturated heterocycles. The molecule has 6 nitrogen and oxygen atoms in total. The number of hydrogen-bond donors (Lipinski definition) is 1. The van der Waals surface area contributed by atoms with Crippen molar-refractivity contribution in [3.63, 3.8) is 0 Å². The highest BCUT2D eigenvalue weighted by atomic mass is 16.5. The van der Waals surface area contributed by atoms with E-state index >= 15 is 0 Å². The van der Waals surface area contributed by atoms with Crippen LogP contribution < -0.4 is 14.8 Å². The lowest BCUT2D eigenvalue weighted by molar-refractivity contribution is 0.102. The van der Waals surface area contributed by atoms with Crippen molar-refractivity contribution in [3.8, 4) is 11.5 Å². The highest BCUT2D eigenvalue weighted by Crippen LogP contribution is 2.20. The molecule has 3 rings (SSSR count). The van der Waals surface area contributed by atoms with Crippen LogP contribution in [-0.4, -0.2) is 18.2 Å². The van der Waals surface area contributed by atoms with Gasteiger partial charge in [0.15, 0.2) is 5.82 Å². The van der Waals surface area contributed by atoms with Crippen LogP contribution in [0.15, 0.2) is 59.1 Å². The van der Waals surface area contributed by atoms with Crippen molar-refractivity contribution in [3.05, 3.63) is 71.5 Å². The van der Waals surface area contributed by atoms with Gasteiger partial charge < -0.3 is 19.3 Å². The largest absolute Gasteiger partial charge is 0.497 e. The van der Waals surface area contributed by atoms with E-state index in [4.69, 9.17) is 14.0 Å². The fourth-order valence-corrected chi connectivity index (χ4v) is 2.27. The first-order valence-corrected chi connectivity index (χ1v) is 7.74. The van der Waals surface area contributed by atoms with Gasteiger partial charge in [0.25, 0.3) is 5.91 Å². The zero-order valence-electron chi connectivity index (χ0n) is 14.0. The number of nitrogens with zero attached hydrogens (tertiary/aromatic N) is 1. The second-order valence-electron chi connectivity index (χ2n) is 5.44. The van der Waals surface area contributed by atoms with Crippen LogP contribution in [0.4, 0.5) is 5.82 Å². The normalized spacial score (nSPS) is 10.3. The Morgan fingerprint density at radius 1 is 1.12 bits per heavy atom. The summed E-state index contributed by atoms with van der Waals surface area (Å²) in [5.74, 6) is 2.20. The highest BCUT2D eigenvalue weighted by Gasteiger charge is 2.09. The molecule has 0 bridgehead atoms. The lowest BCUT2D eigenvalue weighted by Crippen LogP contribution is -2.12. The molecular weight excluding hydrogens is 320 g/mol. The van der Waals surface area contributed by atoms with Crippen LogP contribution in [0.1, 0.15) is 21.7 Å². The Bertz CT molecular complexity index is 873. The van der Waals surface area contributed by atoms with Crippen molar-refractivity contribution >= 4 is 11.7 Å². The Labute approximate surface area is 145 Å². The van der Waals surface area contributed by atoms with Crippen molar-refractivity contribution in [2.75, 3.05) is 12.4 Å². The summed E-state index contributed by atoms with van der Waals surface area (Å²) < 4.78 is 15.9. The molecule has 1 heterocycles. The smallest absolute Gasteiger partial charge is 0.256 e. The van der Waals surface area contributed by atoms with E-state index < -0.39 is 0 Å². The van der Waals surface area contributed by atoms with E-state index in [2.05, 4.69) is 10.5 Å². The van der Waals surface area contributed by atoms with E-state index in [1.807, 2.05) is 36.4 Å². The Balaban J connectivity index is 1.65. The summed E-state index contributed by atoms with van der Waals surface area (Å²) in [4.78, 5) is 12.3. The van der Waals surface area contributed by atoms with E-state index in [-0.39, 0.29) is 5.91 Å². The number of nitrogens with one attached hydrogen (secondary N) is 1. The van der Waals surface area contributed by atoms with Crippen LogP contribution in [0.2, 0.25) is 0 Å². The summed E-state index contributed by atoms with van der Waals surface area (Å²) >= 11 is 0. The summed E-state index contributed by atoms with van der Waals surface area (Å²) in [5.41, 5.74) is 1.40. The van der Waals surface area contributed by atoms with Crippen molar-refractivity contribution in [1.82, 2.24) is 5.16 Å². The van der Waals surface area contributed by atoms with E-state index in [1.54, 1.807) is 32.2 Å². The minimum atomic E-state index is -0.253. The summed E-state index contributed by atoms with van der Waals surface area (Å²) in [7, 11) is 1.61. The highest BCUT2D eigenvalue weighted by molar-refractivity contribution is 6.03. The maximum Gasteiger partial charge on any atom is 0.256 e. The van der Waals surface area contributed by atoms with Crippen molar-refractivity contribution in [1.29, 1.82) is 0 Å². The Hall–Kier alpha value is -3.28. The Morgan fingerprint density at radius 2 is 1.92 bits per heavy atom. The molecule has 128 valence electrons. The number of anilines is 1. The zero-order valence-corrected chi connectivity index (χ0v) is 14.0. The number of carbonyl (C=O) groups excluding carboxylic acids is 1. The molecule has 1 amide bonds. The van der Waals surface area contributed by atoms with Crippen LogP contribution in [0, 0.1) is 6.92 Å². The van der Waals surface area contributed by atoms with Gasteiger partial charge in [0.05, 0.1) is 7.11 Å². The number of amides is 1. The quantitative estimate of drug-likeness (QED) is 0.739. The molecule has 0 atom stereocenters. The number of benzene rings is 2. The first kappa shape index (κ1) is 16.6. The molecular formula is C19H18N2O4. The predicted molar refractivity (Wildman–Crippen MR) is 93.0 cm³/mol. The van der Waals surface area contributed by atoms with Gasteiger partial charge >= 0.3 is 0 Å². The standard InChI is InChI=1S/C19H18N2O4/c1-13-9-18(21-25-13)20-19(22)15-6-3-5-14(10-15)12-24-17-8-4-7-16(11-17)23-2/h3-11H,12H2,1-2H3,(H,20,21,22). The average Bonchev–Trinajstić information content (AvgIpc) is 3.05. The van der Waals surface area contributed by atoms with Crippen LogP contribution in [-0.2, 0) is 6.61 Å². The Morgan fingerprint density at radius 3 is 2.68 bits per heavy atom. The second-order valence-corrected chi connectivity index (χ2v) is 5.44. The van der Waals surface area contributed by atoms with Crippen LogP contribution >= 0.6 is 0 Å². The topological polar surface area (TPSA) is 73.6 Å². The molecule has 0 fully saturated rings. The molecule has 0 spiro atoms. The van der Waals surface area contributed by atoms with Crippen LogP contribution in [0.3, 0.4) is 0 Å². The number of aromatic nitrogens is 1. The minimum Gasteiger partial charge on any atom is -0.497 e. The Kier molecular flexibility index (Phi) is 4.99. The minimum absolute atomic E-state index is 0.253. The van der Waals surface area contributed by atoms with Crippen molar-refractivity contribution < 1.29 is 18.8 Å². The average molecular weight is 338 g/mol. The van der Waals surface area contributed by atoms with Crippen LogP contribution in [0.25, 0.3) is 0 Å². The molecule has 1 N–H and O–H groups in total. The van der Waals surface area contributed by atoms with Gasteiger partial charge in [0.2, 0.25) is 0 Å². The molecule has 0 unspecified atom stereocenters. The van der Waals surface area contributed by atoms with Crippen molar-refractivity contribution in [2.24, 2.45) is 0 Å². The van der Waals surface area contributed by atoms with E-state index in [9.17, 15) is 4.79 Å². The molecule has 3 aromatic rings. The molecule has 6 heteroatoms. The number of methoxy groups -OCH3 is 1. The molecule has 0 aliphatic carbocycles. The zero-order chi connectivity index (χ0) is 17.6. The van der Waals surface area contributed by atoms with Gasteiger partial charge in [-0.2, -0.15) is 0 Å². The van der Waals surface area contributed by atoms with E-state index in [0.717, 1.165) is 11.3 Å². The maximum absolute atomic E-state index is 12.3. The summed E-state index contributed by atoms with van der Waals surface area (Å²) in [6.45, 7) is 2.11. The third-order valence-corrected chi connectivity index (χ3v) is 3.51. The third kappa shape index (κ3) is 4.38. The molecule has 2 aromatic carbocycles. The predicted octanol–water partition coefficient (Wildman–Crippen LogP) is 3.82. The van der Waals surface area contributed by atoms with Gasteiger partial charge in [-0.1, -0.05) is 23.4 Å². The van der Waals surface area contributed by atoms with E-state index in [0.29, 0.717) is 29.5 Å². The maximum atomic E-state index is 12.3. The fourth-order valence-electron chi connectivity index (χ4n) is 2.27. The van der Waals surface area contributed by atoms with Gasteiger partial charge in [-0.15, -0.1) is 0 Å².